The van der Waals surface area contributed by atoms with Gasteiger partial charge in [-0.1, -0.05) is 59.7 Å². The third-order valence-corrected chi connectivity index (χ3v) is 5.78. The minimum atomic E-state index is 0.00448. The highest BCUT2D eigenvalue weighted by atomic mass is 16.2. The van der Waals surface area contributed by atoms with E-state index in [9.17, 15) is 4.79 Å². The Morgan fingerprint density at radius 3 is 2.19 bits per heavy atom. The SMILES string of the molecule is CCN(CC)C(=O)/C(=C1/Nc2ccc(C)cc2C1=Nc1ccc(C)cc1)c1ccccc1. The van der Waals surface area contributed by atoms with Crippen molar-refractivity contribution in [3.63, 3.8) is 0 Å². The maximum Gasteiger partial charge on any atom is 0.256 e. The summed E-state index contributed by atoms with van der Waals surface area (Å²) in [6, 6.07) is 24.3. The summed E-state index contributed by atoms with van der Waals surface area (Å²) in [5.74, 6) is 0.00448. The average Bonchev–Trinajstić information content (AvgIpc) is 3.14. The van der Waals surface area contributed by atoms with Gasteiger partial charge in [0.15, 0.2) is 0 Å². The van der Waals surface area contributed by atoms with Gasteiger partial charge in [0.25, 0.3) is 5.91 Å². The predicted molar refractivity (Wildman–Crippen MR) is 133 cm³/mol. The number of aliphatic imine (C=N–C) groups is 1. The van der Waals surface area contributed by atoms with Gasteiger partial charge in [-0.3, -0.25) is 4.79 Å². The van der Waals surface area contributed by atoms with Crippen molar-refractivity contribution in [2.45, 2.75) is 27.7 Å². The van der Waals surface area contributed by atoms with Crippen LogP contribution in [0.25, 0.3) is 5.57 Å². The van der Waals surface area contributed by atoms with Gasteiger partial charge in [0.1, 0.15) is 0 Å². The normalized spacial score (nSPS) is 15.3. The Morgan fingerprint density at radius 2 is 1.53 bits per heavy atom. The van der Waals surface area contributed by atoms with Crippen molar-refractivity contribution in [2.75, 3.05) is 18.4 Å². The number of anilines is 1. The van der Waals surface area contributed by atoms with Crippen molar-refractivity contribution < 1.29 is 4.79 Å². The first kappa shape index (κ1) is 21.6. The molecule has 1 heterocycles. The van der Waals surface area contributed by atoms with Crippen LogP contribution < -0.4 is 5.32 Å². The molecule has 1 aliphatic rings. The monoisotopic (exact) mass is 423 g/mol. The van der Waals surface area contributed by atoms with Crippen molar-refractivity contribution >= 4 is 28.6 Å². The number of aryl methyl sites for hydroxylation is 2. The highest BCUT2D eigenvalue weighted by molar-refractivity contribution is 6.34. The number of nitrogens with one attached hydrogen (secondary N) is 1. The molecule has 4 rings (SSSR count). The van der Waals surface area contributed by atoms with Crippen LogP contribution >= 0.6 is 0 Å². The number of nitrogens with zero attached hydrogens (tertiary/aromatic N) is 2. The van der Waals surface area contributed by atoms with Gasteiger partial charge in [0.2, 0.25) is 0 Å². The number of amides is 1. The zero-order valence-electron chi connectivity index (χ0n) is 19.1. The second kappa shape index (κ2) is 9.23. The van der Waals surface area contributed by atoms with E-state index in [1.54, 1.807) is 0 Å². The second-order valence-corrected chi connectivity index (χ2v) is 8.06. The van der Waals surface area contributed by atoms with Crippen molar-refractivity contribution in [1.82, 2.24) is 4.90 Å². The number of rotatable bonds is 5. The lowest BCUT2D eigenvalue weighted by atomic mass is 9.98. The van der Waals surface area contributed by atoms with Crippen LogP contribution in [0, 0.1) is 13.8 Å². The third kappa shape index (κ3) is 4.22. The summed E-state index contributed by atoms with van der Waals surface area (Å²) in [5, 5.41) is 3.53. The summed E-state index contributed by atoms with van der Waals surface area (Å²) < 4.78 is 0. The van der Waals surface area contributed by atoms with Crippen LogP contribution in [0.3, 0.4) is 0 Å². The van der Waals surface area contributed by atoms with Crippen molar-refractivity contribution in [3.05, 3.63) is 101 Å². The quantitative estimate of drug-likeness (QED) is 0.502. The molecule has 3 aromatic rings. The van der Waals surface area contributed by atoms with E-state index in [-0.39, 0.29) is 5.91 Å². The number of carbonyl (C=O) groups is 1. The van der Waals surface area contributed by atoms with Gasteiger partial charge in [-0.25, -0.2) is 4.99 Å². The Morgan fingerprint density at radius 1 is 0.875 bits per heavy atom. The van der Waals surface area contributed by atoms with Gasteiger partial charge in [-0.15, -0.1) is 0 Å². The minimum Gasteiger partial charge on any atom is -0.353 e. The molecule has 0 spiro atoms. The summed E-state index contributed by atoms with van der Waals surface area (Å²) in [5.41, 5.74) is 8.27. The first-order valence-electron chi connectivity index (χ1n) is 11.1. The molecule has 0 saturated heterocycles. The van der Waals surface area contributed by atoms with E-state index in [0.29, 0.717) is 18.7 Å². The Bertz CT molecular complexity index is 1190. The van der Waals surface area contributed by atoms with Crippen LogP contribution in [0.5, 0.6) is 0 Å². The Balaban J connectivity index is 1.99. The molecule has 3 aromatic carbocycles. The maximum atomic E-state index is 13.7. The highest BCUT2D eigenvalue weighted by Crippen LogP contribution is 2.36. The molecular weight excluding hydrogens is 394 g/mol. The van der Waals surface area contributed by atoms with E-state index >= 15 is 0 Å². The topological polar surface area (TPSA) is 44.7 Å². The van der Waals surface area contributed by atoms with Crippen LogP contribution in [0.4, 0.5) is 11.4 Å². The molecule has 1 aliphatic heterocycles. The van der Waals surface area contributed by atoms with Gasteiger partial charge in [0, 0.05) is 24.3 Å². The predicted octanol–water partition coefficient (Wildman–Crippen LogP) is 6.13. The van der Waals surface area contributed by atoms with Crippen molar-refractivity contribution in [2.24, 2.45) is 4.99 Å². The molecule has 0 aliphatic carbocycles. The molecule has 1 amide bonds. The fraction of sp³-hybridized carbons (Fsp3) is 0.214. The van der Waals surface area contributed by atoms with Gasteiger partial charge >= 0.3 is 0 Å². The molecule has 0 bridgehead atoms. The first-order valence-corrected chi connectivity index (χ1v) is 11.1. The zero-order valence-corrected chi connectivity index (χ0v) is 19.1. The summed E-state index contributed by atoms with van der Waals surface area (Å²) in [6.45, 7) is 9.45. The number of hydrogen-bond donors (Lipinski definition) is 1. The van der Waals surface area contributed by atoms with Crippen LogP contribution in [0.15, 0.2) is 83.5 Å². The van der Waals surface area contributed by atoms with Gasteiger partial charge in [0.05, 0.1) is 22.7 Å². The molecule has 0 fully saturated rings. The molecule has 0 radical (unpaired) electrons. The standard InChI is InChI=1S/C28H29N3O/c1-5-31(6-2)28(32)25(21-10-8-7-9-11-21)27-26(29-22-15-12-19(3)13-16-22)23-18-20(4)14-17-24(23)30-27/h7-18,30H,5-6H2,1-4H3/b27-25+,29-26?. The molecule has 32 heavy (non-hydrogen) atoms. The van der Waals surface area contributed by atoms with Crippen LogP contribution in [-0.2, 0) is 4.79 Å². The van der Waals surface area contributed by atoms with E-state index in [1.165, 1.54) is 5.56 Å². The second-order valence-electron chi connectivity index (χ2n) is 8.06. The number of likely N-dealkylation sites (N-methyl/N-ethyl adjacent to an activating group) is 1. The fourth-order valence-corrected chi connectivity index (χ4v) is 3.99. The third-order valence-electron chi connectivity index (χ3n) is 5.78. The van der Waals surface area contributed by atoms with Crippen LogP contribution in [0.2, 0.25) is 0 Å². The molecule has 0 unspecified atom stereocenters. The Labute approximate surface area is 190 Å². The van der Waals surface area contributed by atoms with Gasteiger partial charge in [-0.2, -0.15) is 0 Å². The molecule has 1 N–H and O–H groups in total. The van der Waals surface area contributed by atoms with E-state index < -0.39 is 0 Å². The largest absolute Gasteiger partial charge is 0.353 e. The van der Waals surface area contributed by atoms with Crippen molar-refractivity contribution in [1.29, 1.82) is 0 Å². The van der Waals surface area contributed by atoms with E-state index in [4.69, 9.17) is 4.99 Å². The Kier molecular flexibility index (Phi) is 6.22. The molecular formula is C28H29N3O. The lowest BCUT2D eigenvalue weighted by Gasteiger charge is -2.22. The number of allylic oxidation sites excluding steroid dienone is 1. The van der Waals surface area contributed by atoms with Crippen LogP contribution in [-0.4, -0.2) is 29.6 Å². The molecule has 0 atom stereocenters. The molecule has 0 saturated carbocycles. The molecule has 162 valence electrons. The molecule has 0 aromatic heterocycles. The molecule has 4 nitrogen and oxygen atoms in total. The number of hydrogen-bond acceptors (Lipinski definition) is 3. The first-order chi connectivity index (χ1) is 15.5. The van der Waals surface area contributed by atoms with Gasteiger partial charge in [-0.05, 0) is 57.5 Å². The molecule has 4 heteroatoms. The zero-order chi connectivity index (χ0) is 22.7. The number of benzene rings is 3. The average molecular weight is 424 g/mol. The number of carbonyl (C=O) groups excluding carboxylic acids is 1. The van der Waals surface area contributed by atoms with Gasteiger partial charge < -0.3 is 10.2 Å². The van der Waals surface area contributed by atoms with E-state index in [2.05, 4.69) is 49.5 Å². The highest BCUT2D eigenvalue weighted by Gasteiger charge is 2.31. The minimum absolute atomic E-state index is 0.00448. The Hall–Kier alpha value is -3.66. The summed E-state index contributed by atoms with van der Waals surface area (Å²) in [7, 11) is 0. The van der Waals surface area contributed by atoms with Crippen LogP contribution in [0.1, 0.15) is 36.1 Å². The summed E-state index contributed by atoms with van der Waals surface area (Å²) in [6.07, 6.45) is 0. The van der Waals surface area contributed by atoms with E-state index in [0.717, 1.165) is 39.5 Å². The fourth-order valence-electron chi connectivity index (χ4n) is 3.99. The maximum absolute atomic E-state index is 13.7. The number of fused-ring (bicyclic) bond motifs is 1. The summed E-state index contributed by atoms with van der Waals surface area (Å²) in [4.78, 5) is 20.6. The lowest BCUT2D eigenvalue weighted by molar-refractivity contribution is -0.124. The summed E-state index contributed by atoms with van der Waals surface area (Å²) >= 11 is 0. The smallest absolute Gasteiger partial charge is 0.256 e. The van der Waals surface area contributed by atoms with Crippen molar-refractivity contribution in [3.8, 4) is 0 Å². The van der Waals surface area contributed by atoms with E-state index in [1.807, 2.05) is 61.2 Å². The lowest BCUT2D eigenvalue weighted by Crippen LogP contribution is -2.32.